The van der Waals surface area contributed by atoms with Crippen molar-refractivity contribution < 1.29 is 4.79 Å². The van der Waals surface area contributed by atoms with E-state index >= 15 is 0 Å². The summed E-state index contributed by atoms with van der Waals surface area (Å²) >= 11 is 0. The Balaban J connectivity index is 1.50. The fourth-order valence-corrected chi connectivity index (χ4v) is 4.27. The maximum absolute atomic E-state index is 12.9. The molecule has 0 radical (unpaired) electrons. The number of rotatable bonds is 2. The van der Waals surface area contributed by atoms with E-state index in [1.54, 1.807) is 0 Å². The summed E-state index contributed by atoms with van der Waals surface area (Å²) in [6, 6.07) is 14.2. The van der Waals surface area contributed by atoms with Crippen molar-refractivity contribution in [2.45, 2.75) is 37.6 Å². The van der Waals surface area contributed by atoms with Crippen LogP contribution in [-0.4, -0.2) is 46.7 Å². The van der Waals surface area contributed by atoms with Gasteiger partial charge in [0.2, 0.25) is 5.91 Å². The highest BCUT2D eigenvalue weighted by molar-refractivity contribution is 5.87. The monoisotopic (exact) mass is 336 g/mol. The van der Waals surface area contributed by atoms with Gasteiger partial charge in [0.25, 0.3) is 0 Å². The Bertz CT molecular complexity index is 751. The van der Waals surface area contributed by atoms with E-state index in [1.165, 1.54) is 0 Å². The SMILES string of the molecule is Cc1ccc(N2CCC3(CC2)CC(c2ccccc2)C(=O)N3C)nn1. The van der Waals surface area contributed by atoms with E-state index in [2.05, 4.69) is 27.2 Å². The topological polar surface area (TPSA) is 49.3 Å². The summed E-state index contributed by atoms with van der Waals surface area (Å²) in [6.07, 6.45) is 2.88. The fourth-order valence-electron chi connectivity index (χ4n) is 4.27. The van der Waals surface area contributed by atoms with Gasteiger partial charge >= 0.3 is 0 Å². The molecule has 5 nitrogen and oxygen atoms in total. The third-order valence-electron chi connectivity index (χ3n) is 5.93. The number of nitrogens with zero attached hydrogens (tertiary/aromatic N) is 4. The second kappa shape index (κ2) is 6.14. The largest absolute Gasteiger partial charge is 0.355 e. The third-order valence-corrected chi connectivity index (χ3v) is 5.93. The summed E-state index contributed by atoms with van der Waals surface area (Å²) in [5.74, 6) is 1.19. The molecule has 2 aromatic rings. The van der Waals surface area contributed by atoms with E-state index in [9.17, 15) is 4.79 Å². The Morgan fingerprint density at radius 1 is 1.04 bits per heavy atom. The highest BCUT2D eigenvalue weighted by Gasteiger charge is 2.50. The number of amides is 1. The lowest BCUT2D eigenvalue weighted by atomic mass is 9.81. The zero-order valence-corrected chi connectivity index (χ0v) is 14.9. The number of likely N-dealkylation sites (tertiary alicyclic amines) is 1. The van der Waals surface area contributed by atoms with Crippen LogP contribution in [-0.2, 0) is 4.79 Å². The van der Waals surface area contributed by atoms with Crippen LogP contribution in [0.3, 0.4) is 0 Å². The van der Waals surface area contributed by atoms with E-state index in [1.807, 2.05) is 49.2 Å². The molecule has 2 aliphatic rings. The maximum Gasteiger partial charge on any atom is 0.230 e. The van der Waals surface area contributed by atoms with Crippen molar-refractivity contribution >= 4 is 11.7 Å². The maximum atomic E-state index is 12.9. The Morgan fingerprint density at radius 3 is 2.40 bits per heavy atom. The second-order valence-corrected chi connectivity index (χ2v) is 7.31. The Hall–Kier alpha value is -2.43. The van der Waals surface area contributed by atoms with Gasteiger partial charge < -0.3 is 9.80 Å². The first-order chi connectivity index (χ1) is 12.1. The first-order valence-corrected chi connectivity index (χ1v) is 8.97. The minimum absolute atomic E-state index is 0.00286. The Kier molecular flexibility index (Phi) is 3.94. The van der Waals surface area contributed by atoms with Crippen molar-refractivity contribution in [3.05, 3.63) is 53.7 Å². The number of carbonyl (C=O) groups is 1. The van der Waals surface area contributed by atoms with Crippen LogP contribution in [0.1, 0.15) is 36.4 Å². The van der Waals surface area contributed by atoms with Crippen molar-refractivity contribution in [1.29, 1.82) is 0 Å². The molecule has 0 bridgehead atoms. The molecule has 4 rings (SSSR count). The number of benzene rings is 1. The van der Waals surface area contributed by atoms with E-state index in [4.69, 9.17) is 0 Å². The first-order valence-electron chi connectivity index (χ1n) is 8.97. The van der Waals surface area contributed by atoms with Gasteiger partial charge in [0.05, 0.1) is 11.6 Å². The summed E-state index contributed by atoms with van der Waals surface area (Å²) < 4.78 is 0. The summed E-state index contributed by atoms with van der Waals surface area (Å²) in [6.45, 7) is 3.78. The number of aryl methyl sites for hydroxylation is 1. The van der Waals surface area contributed by atoms with Crippen LogP contribution >= 0.6 is 0 Å². The molecule has 1 unspecified atom stereocenters. The van der Waals surface area contributed by atoms with Gasteiger partial charge in [-0.2, -0.15) is 5.10 Å². The number of hydrogen-bond acceptors (Lipinski definition) is 4. The first kappa shape index (κ1) is 16.1. The van der Waals surface area contributed by atoms with E-state index < -0.39 is 0 Å². The number of likely N-dealkylation sites (N-methyl/N-ethyl adjacent to an activating group) is 1. The van der Waals surface area contributed by atoms with Crippen LogP contribution in [0.15, 0.2) is 42.5 Å². The number of piperidine rings is 1. The van der Waals surface area contributed by atoms with Gasteiger partial charge in [0.1, 0.15) is 0 Å². The van der Waals surface area contributed by atoms with Gasteiger partial charge in [-0.05, 0) is 43.9 Å². The molecule has 0 N–H and O–H groups in total. The number of carbonyl (C=O) groups excluding carboxylic acids is 1. The zero-order valence-electron chi connectivity index (χ0n) is 14.9. The molecule has 1 aromatic carbocycles. The van der Waals surface area contributed by atoms with Crippen molar-refractivity contribution in [2.75, 3.05) is 25.0 Å². The lowest BCUT2D eigenvalue weighted by Crippen LogP contribution is -2.51. The van der Waals surface area contributed by atoms with Gasteiger partial charge in [-0.15, -0.1) is 5.10 Å². The number of aromatic nitrogens is 2. The third kappa shape index (κ3) is 2.77. The van der Waals surface area contributed by atoms with Gasteiger partial charge in [-0.3, -0.25) is 4.79 Å². The van der Waals surface area contributed by atoms with E-state index in [-0.39, 0.29) is 17.4 Å². The molecule has 2 saturated heterocycles. The summed E-state index contributed by atoms with van der Waals surface area (Å²) in [5, 5.41) is 8.47. The molecule has 2 fully saturated rings. The molecule has 3 heterocycles. The molecule has 1 amide bonds. The van der Waals surface area contributed by atoms with Crippen LogP contribution < -0.4 is 4.90 Å². The quantitative estimate of drug-likeness (QED) is 0.846. The Morgan fingerprint density at radius 2 is 1.76 bits per heavy atom. The minimum Gasteiger partial charge on any atom is -0.355 e. The van der Waals surface area contributed by atoms with Gasteiger partial charge in [-0.25, -0.2) is 0 Å². The van der Waals surface area contributed by atoms with E-state index in [0.29, 0.717) is 0 Å². The molecule has 0 aliphatic carbocycles. The van der Waals surface area contributed by atoms with Crippen molar-refractivity contribution in [3.8, 4) is 0 Å². The van der Waals surface area contributed by atoms with Gasteiger partial charge in [0.15, 0.2) is 5.82 Å². The molecule has 0 saturated carbocycles. The smallest absolute Gasteiger partial charge is 0.230 e. The number of hydrogen-bond donors (Lipinski definition) is 0. The lowest BCUT2D eigenvalue weighted by Gasteiger charge is -2.43. The van der Waals surface area contributed by atoms with Crippen LogP contribution in [0.5, 0.6) is 0 Å². The van der Waals surface area contributed by atoms with Crippen molar-refractivity contribution in [3.63, 3.8) is 0 Å². The van der Waals surface area contributed by atoms with Crippen LogP contribution in [0.2, 0.25) is 0 Å². The molecule has 5 heteroatoms. The van der Waals surface area contributed by atoms with E-state index in [0.717, 1.165) is 49.4 Å². The van der Waals surface area contributed by atoms with Crippen LogP contribution in [0.25, 0.3) is 0 Å². The summed E-state index contributed by atoms with van der Waals surface area (Å²) in [5.41, 5.74) is 2.05. The van der Waals surface area contributed by atoms with Gasteiger partial charge in [0, 0.05) is 25.7 Å². The molecule has 2 aliphatic heterocycles. The fraction of sp³-hybridized carbons (Fsp3) is 0.450. The summed E-state index contributed by atoms with van der Waals surface area (Å²) in [7, 11) is 1.98. The highest BCUT2D eigenvalue weighted by atomic mass is 16.2. The molecule has 130 valence electrons. The average Bonchev–Trinajstić information content (AvgIpc) is 2.89. The second-order valence-electron chi connectivity index (χ2n) is 7.31. The normalized spacial score (nSPS) is 22.6. The van der Waals surface area contributed by atoms with Gasteiger partial charge in [-0.1, -0.05) is 30.3 Å². The number of anilines is 1. The van der Waals surface area contributed by atoms with Crippen LogP contribution in [0.4, 0.5) is 5.82 Å². The molecular weight excluding hydrogens is 312 g/mol. The lowest BCUT2D eigenvalue weighted by molar-refractivity contribution is -0.131. The molecule has 1 spiro atoms. The highest BCUT2D eigenvalue weighted by Crippen LogP contribution is 2.45. The van der Waals surface area contributed by atoms with Crippen molar-refractivity contribution in [2.24, 2.45) is 0 Å². The molecule has 1 atom stereocenters. The Labute approximate surface area is 148 Å². The standard InChI is InChI=1S/C20H24N4O/c1-15-8-9-18(22-21-15)24-12-10-20(11-13-24)14-17(19(25)23(20)2)16-6-4-3-5-7-16/h3-9,17H,10-14H2,1-2H3. The molecular formula is C20H24N4O. The average molecular weight is 336 g/mol. The molecule has 1 aromatic heterocycles. The van der Waals surface area contributed by atoms with Crippen LogP contribution in [0, 0.1) is 6.92 Å². The zero-order chi connectivity index (χ0) is 17.4. The predicted octanol–water partition coefficient (Wildman–Crippen LogP) is 2.77. The minimum atomic E-state index is -0.0216. The molecule has 25 heavy (non-hydrogen) atoms. The van der Waals surface area contributed by atoms with Crippen molar-refractivity contribution in [1.82, 2.24) is 15.1 Å². The predicted molar refractivity (Wildman–Crippen MR) is 97.5 cm³/mol. The summed E-state index contributed by atoms with van der Waals surface area (Å²) in [4.78, 5) is 17.2.